The number of nitrogens with zero attached hydrogens (tertiary/aromatic N) is 4. The summed E-state index contributed by atoms with van der Waals surface area (Å²) in [6.45, 7) is 0.913. The van der Waals surface area contributed by atoms with E-state index in [1.807, 2.05) is 30.3 Å². The Balaban J connectivity index is 1.68. The molecule has 0 fully saturated rings. The Bertz CT molecular complexity index is 1010. The van der Waals surface area contributed by atoms with Crippen molar-refractivity contribution in [2.24, 2.45) is 0 Å². The first-order valence-electron chi connectivity index (χ1n) is 8.46. The predicted molar refractivity (Wildman–Crippen MR) is 104 cm³/mol. The van der Waals surface area contributed by atoms with Crippen LogP contribution >= 0.6 is 0 Å². The van der Waals surface area contributed by atoms with E-state index in [0.29, 0.717) is 11.6 Å². The van der Waals surface area contributed by atoms with Crippen molar-refractivity contribution in [2.75, 3.05) is 19.4 Å². The molecule has 0 unspecified atom stereocenters. The minimum absolute atomic E-state index is 0.672. The van der Waals surface area contributed by atoms with Crippen LogP contribution < -0.4 is 5.32 Å². The van der Waals surface area contributed by atoms with Gasteiger partial charge in [0.15, 0.2) is 11.6 Å². The fourth-order valence-corrected chi connectivity index (χ4v) is 2.84. The Morgan fingerprint density at radius 3 is 2.46 bits per heavy atom. The van der Waals surface area contributed by atoms with Gasteiger partial charge in [-0.15, -0.1) is 0 Å². The van der Waals surface area contributed by atoms with Gasteiger partial charge in [0, 0.05) is 17.8 Å². The molecule has 0 atom stereocenters. The molecule has 4 aromatic rings. The number of aromatic amines is 1. The van der Waals surface area contributed by atoms with Crippen molar-refractivity contribution in [1.82, 2.24) is 25.1 Å². The highest BCUT2D eigenvalue weighted by molar-refractivity contribution is 5.88. The average molecular weight is 344 g/mol. The van der Waals surface area contributed by atoms with Gasteiger partial charge in [0.25, 0.3) is 0 Å². The molecule has 4 rings (SSSR count). The number of rotatable bonds is 5. The van der Waals surface area contributed by atoms with E-state index in [2.05, 4.69) is 63.8 Å². The molecule has 0 bridgehead atoms. The zero-order valence-electron chi connectivity index (χ0n) is 14.8. The van der Waals surface area contributed by atoms with Crippen molar-refractivity contribution in [2.45, 2.75) is 6.54 Å². The lowest BCUT2D eigenvalue weighted by Crippen LogP contribution is -2.10. The van der Waals surface area contributed by atoms with Gasteiger partial charge in [-0.2, -0.15) is 5.10 Å². The van der Waals surface area contributed by atoms with E-state index in [4.69, 9.17) is 4.98 Å². The molecule has 0 aliphatic rings. The first-order chi connectivity index (χ1) is 12.7. The van der Waals surface area contributed by atoms with E-state index in [1.165, 1.54) is 5.56 Å². The number of anilines is 2. The molecule has 2 aromatic carbocycles. The summed E-state index contributed by atoms with van der Waals surface area (Å²) in [5, 5.41) is 10.5. The summed E-state index contributed by atoms with van der Waals surface area (Å²) in [5.41, 5.74) is 4.79. The van der Waals surface area contributed by atoms with Gasteiger partial charge in [0.1, 0.15) is 11.0 Å². The Hall–Kier alpha value is -3.25. The molecule has 26 heavy (non-hydrogen) atoms. The smallest absolute Gasteiger partial charge is 0.162 e. The first kappa shape index (κ1) is 16.2. The highest BCUT2D eigenvalue weighted by atomic mass is 15.2. The van der Waals surface area contributed by atoms with Crippen LogP contribution in [0.1, 0.15) is 5.56 Å². The number of hydrogen-bond donors (Lipinski definition) is 2. The zero-order chi connectivity index (χ0) is 17.9. The molecule has 0 aliphatic heterocycles. The Kier molecular flexibility index (Phi) is 4.33. The van der Waals surface area contributed by atoms with E-state index in [9.17, 15) is 0 Å². The number of hydrogen-bond acceptors (Lipinski definition) is 5. The van der Waals surface area contributed by atoms with Gasteiger partial charge >= 0.3 is 0 Å². The molecular weight excluding hydrogens is 324 g/mol. The highest BCUT2D eigenvalue weighted by Gasteiger charge is 2.11. The van der Waals surface area contributed by atoms with Crippen LogP contribution in [0.5, 0.6) is 0 Å². The third-order valence-corrected chi connectivity index (χ3v) is 4.05. The predicted octanol–water partition coefficient (Wildman–Crippen LogP) is 3.83. The minimum atomic E-state index is 0.672. The molecule has 0 radical (unpaired) electrons. The van der Waals surface area contributed by atoms with Crippen molar-refractivity contribution in [3.8, 4) is 11.4 Å². The fourth-order valence-electron chi connectivity index (χ4n) is 2.84. The van der Waals surface area contributed by atoms with E-state index >= 15 is 0 Å². The Morgan fingerprint density at radius 2 is 1.73 bits per heavy atom. The van der Waals surface area contributed by atoms with Gasteiger partial charge in [0.2, 0.25) is 0 Å². The van der Waals surface area contributed by atoms with Gasteiger partial charge in [-0.25, -0.2) is 9.97 Å². The lowest BCUT2D eigenvalue weighted by Gasteiger charge is -2.11. The lowest BCUT2D eigenvalue weighted by atomic mass is 10.2. The second-order valence-corrected chi connectivity index (χ2v) is 6.45. The Morgan fingerprint density at radius 1 is 0.962 bits per heavy atom. The number of benzene rings is 2. The molecule has 6 heteroatoms. The molecule has 130 valence electrons. The van der Waals surface area contributed by atoms with Crippen LogP contribution in [-0.2, 0) is 6.54 Å². The van der Waals surface area contributed by atoms with Crippen molar-refractivity contribution in [3.63, 3.8) is 0 Å². The lowest BCUT2D eigenvalue weighted by molar-refractivity contribution is 0.402. The summed E-state index contributed by atoms with van der Waals surface area (Å²) < 4.78 is 0. The van der Waals surface area contributed by atoms with Crippen LogP contribution in [0, 0.1) is 0 Å². The van der Waals surface area contributed by atoms with Crippen molar-refractivity contribution in [1.29, 1.82) is 0 Å². The molecule has 2 aromatic heterocycles. The molecular formula is C20H20N6. The monoisotopic (exact) mass is 344 g/mol. The largest absolute Gasteiger partial charge is 0.338 e. The number of nitrogens with one attached hydrogen (secondary N) is 2. The second-order valence-electron chi connectivity index (χ2n) is 6.45. The second kappa shape index (κ2) is 6.93. The molecule has 0 spiro atoms. The van der Waals surface area contributed by atoms with Crippen LogP contribution in [0.2, 0.25) is 0 Å². The number of H-pyrrole nitrogens is 1. The summed E-state index contributed by atoms with van der Waals surface area (Å²) >= 11 is 0. The number of fused-ring (bicyclic) bond motifs is 1. The van der Waals surface area contributed by atoms with Crippen LogP contribution in [0.25, 0.3) is 22.4 Å². The maximum atomic E-state index is 4.71. The third-order valence-electron chi connectivity index (χ3n) is 4.05. The van der Waals surface area contributed by atoms with E-state index in [1.54, 1.807) is 6.20 Å². The Labute approximate surface area is 151 Å². The SMILES string of the molecule is CN(C)Cc1ccc(Nc2nc(-c3ccccc3)nc3cn[nH]c23)cc1. The first-order valence-corrected chi connectivity index (χ1v) is 8.46. The van der Waals surface area contributed by atoms with Gasteiger partial charge in [-0.1, -0.05) is 42.5 Å². The molecule has 2 N–H and O–H groups in total. The zero-order valence-corrected chi connectivity index (χ0v) is 14.8. The van der Waals surface area contributed by atoms with Gasteiger partial charge in [-0.3, -0.25) is 5.10 Å². The van der Waals surface area contributed by atoms with Crippen LogP contribution in [-0.4, -0.2) is 39.2 Å². The average Bonchev–Trinajstić information content (AvgIpc) is 3.12. The summed E-state index contributed by atoms with van der Waals surface area (Å²) in [6, 6.07) is 18.3. The fraction of sp³-hybridized carbons (Fsp3) is 0.150. The molecule has 0 amide bonds. The van der Waals surface area contributed by atoms with Gasteiger partial charge in [0.05, 0.1) is 6.20 Å². The maximum absolute atomic E-state index is 4.71. The van der Waals surface area contributed by atoms with Crippen molar-refractivity contribution >= 4 is 22.5 Å². The topological polar surface area (TPSA) is 69.7 Å². The van der Waals surface area contributed by atoms with Crippen LogP contribution in [0.15, 0.2) is 60.8 Å². The minimum Gasteiger partial charge on any atom is -0.338 e. The third kappa shape index (κ3) is 3.41. The van der Waals surface area contributed by atoms with E-state index < -0.39 is 0 Å². The maximum Gasteiger partial charge on any atom is 0.162 e. The van der Waals surface area contributed by atoms with Crippen molar-refractivity contribution < 1.29 is 0 Å². The summed E-state index contributed by atoms with van der Waals surface area (Å²) in [6.07, 6.45) is 1.72. The molecule has 2 heterocycles. The van der Waals surface area contributed by atoms with Crippen molar-refractivity contribution in [3.05, 3.63) is 66.4 Å². The summed E-state index contributed by atoms with van der Waals surface area (Å²) in [5.74, 6) is 1.39. The normalized spacial score (nSPS) is 11.2. The quantitative estimate of drug-likeness (QED) is 0.576. The molecule has 0 saturated heterocycles. The molecule has 0 aliphatic carbocycles. The molecule has 0 saturated carbocycles. The highest BCUT2D eigenvalue weighted by Crippen LogP contribution is 2.26. The van der Waals surface area contributed by atoms with E-state index in [0.717, 1.165) is 28.8 Å². The van der Waals surface area contributed by atoms with Gasteiger partial charge in [-0.05, 0) is 31.8 Å². The summed E-state index contributed by atoms with van der Waals surface area (Å²) in [7, 11) is 4.13. The van der Waals surface area contributed by atoms with Crippen LogP contribution in [0.3, 0.4) is 0 Å². The van der Waals surface area contributed by atoms with E-state index in [-0.39, 0.29) is 0 Å². The number of aromatic nitrogens is 4. The standard InChI is InChI=1S/C20H20N6/c1-26(2)13-14-8-10-16(11-9-14)22-20-18-17(12-21-25-18)23-19(24-20)15-6-4-3-5-7-15/h3-12H,13H2,1-2H3,(H,21,25)(H,22,23,24). The van der Waals surface area contributed by atoms with Crippen LogP contribution in [0.4, 0.5) is 11.5 Å². The molecule has 6 nitrogen and oxygen atoms in total. The van der Waals surface area contributed by atoms with Gasteiger partial charge < -0.3 is 10.2 Å². The summed E-state index contributed by atoms with van der Waals surface area (Å²) in [4.78, 5) is 11.5.